The Balaban J connectivity index is 2.23. The lowest BCUT2D eigenvalue weighted by Gasteiger charge is -2.05. The Morgan fingerprint density at radius 1 is 1.60 bits per heavy atom. The molecule has 3 nitrogen and oxygen atoms in total. The van der Waals surface area contributed by atoms with Gasteiger partial charge in [-0.3, -0.25) is 4.68 Å². The molecule has 0 amide bonds. The van der Waals surface area contributed by atoms with Crippen molar-refractivity contribution in [3.8, 4) is 0 Å². The zero-order valence-corrected chi connectivity index (χ0v) is 10.8. The van der Waals surface area contributed by atoms with E-state index in [1.54, 1.807) is 11.3 Å². The van der Waals surface area contributed by atoms with E-state index in [0.717, 1.165) is 21.5 Å². The van der Waals surface area contributed by atoms with Crippen LogP contribution in [0, 0.1) is 0 Å². The number of halogens is 1. The Bertz CT molecular complexity index is 449. The van der Waals surface area contributed by atoms with Crippen molar-refractivity contribution in [2.24, 2.45) is 5.73 Å². The fourth-order valence-electron chi connectivity index (χ4n) is 1.39. The van der Waals surface area contributed by atoms with Crippen LogP contribution in [0.25, 0.3) is 0 Å². The van der Waals surface area contributed by atoms with Crippen LogP contribution in [-0.4, -0.2) is 9.78 Å². The minimum Gasteiger partial charge on any atom is -0.320 e. The summed E-state index contributed by atoms with van der Waals surface area (Å²) in [5.74, 6) is 0. The lowest BCUT2D eigenvalue weighted by atomic mass is 10.1. The maximum absolute atomic E-state index is 6.13. The molecule has 5 heteroatoms. The molecule has 2 heterocycles. The Kier molecular flexibility index (Phi) is 3.23. The van der Waals surface area contributed by atoms with Gasteiger partial charge in [0.25, 0.3) is 0 Å². The number of aryl methyl sites for hydroxylation is 1. The van der Waals surface area contributed by atoms with Gasteiger partial charge in [0, 0.05) is 18.3 Å². The highest BCUT2D eigenvalue weighted by Crippen LogP contribution is 2.27. The number of aromatic nitrogens is 2. The topological polar surface area (TPSA) is 43.8 Å². The van der Waals surface area contributed by atoms with Crippen LogP contribution < -0.4 is 5.73 Å². The minimum absolute atomic E-state index is 0.0761. The van der Waals surface area contributed by atoms with Gasteiger partial charge in [0.1, 0.15) is 0 Å². The Labute approximate surface area is 101 Å². The molecule has 2 rings (SSSR count). The fourth-order valence-corrected chi connectivity index (χ4v) is 2.60. The van der Waals surface area contributed by atoms with Gasteiger partial charge in [-0.25, -0.2) is 0 Å². The van der Waals surface area contributed by atoms with Crippen molar-refractivity contribution in [3.63, 3.8) is 0 Å². The molecule has 0 spiro atoms. The molecular weight excluding hydrogens is 274 g/mol. The fraction of sp³-hybridized carbons (Fsp3) is 0.300. The van der Waals surface area contributed by atoms with E-state index in [4.69, 9.17) is 5.73 Å². The van der Waals surface area contributed by atoms with E-state index in [1.807, 2.05) is 17.1 Å². The molecule has 0 aliphatic rings. The van der Waals surface area contributed by atoms with E-state index >= 15 is 0 Å². The highest BCUT2D eigenvalue weighted by Gasteiger charge is 2.12. The number of thiophene rings is 1. The zero-order chi connectivity index (χ0) is 10.8. The molecule has 0 aliphatic heterocycles. The summed E-state index contributed by atoms with van der Waals surface area (Å²) in [7, 11) is 0. The molecule has 0 aliphatic carbocycles. The molecule has 0 saturated carbocycles. The average molecular weight is 286 g/mol. The van der Waals surface area contributed by atoms with Gasteiger partial charge in [-0.15, -0.1) is 11.3 Å². The molecule has 1 atom stereocenters. The van der Waals surface area contributed by atoms with Gasteiger partial charge in [-0.05, 0) is 39.9 Å². The van der Waals surface area contributed by atoms with E-state index in [-0.39, 0.29) is 6.04 Å². The number of rotatable bonds is 3. The van der Waals surface area contributed by atoms with Crippen LogP contribution in [0.5, 0.6) is 0 Å². The van der Waals surface area contributed by atoms with Crippen LogP contribution in [0.2, 0.25) is 0 Å². The van der Waals surface area contributed by atoms with Gasteiger partial charge in [0.2, 0.25) is 0 Å². The van der Waals surface area contributed by atoms with Crippen LogP contribution in [0.15, 0.2) is 27.6 Å². The molecule has 1 unspecified atom stereocenters. The van der Waals surface area contributed by atoms with Gasteiger partial charge in [0.15, 0.2) is 0 Å². The van der Waals surface area contributed by atoms with Crippen LogP contribution in [0.4, 0.5) is 0 Å². The second-order valence-corrected chi connectivity index (χ2v) is 5.58. The molecule has 0 bridgehead atoms. The quantitative estimate of drug-likeness (QED) is 0.943. The van der Waals surface area contributed by atoms with Crippen molar-refractivity contribution in [3.05, 3.63) is 38.8 Å². The Morgan fingerprint density at radius 3 is 2.93 bits per heavy atom. The van der Waals surface area contributed by atoms with E-state index < -0.39 is 0 Å². The van der Waals surface area contributed by atoms with Crippen molar-refractivity contribution in [1.82, 2.24) is 9.78 Å². The average Bonchev–Trinajstić information content (AvgIpc) is 2.84. The largest absolute Gasteiger partial charge is 0.320 e. The monoisotopic (exact) mass is 285 g/mol. The summed E-state index contributed by atoms with van der Waals surface area (Å²) < 4.78 is 2.99. The number of nitrogens with zero attached hydrogens (tertiary/aromatic N) is 2. The maximum Gasteiger partial charge on any atom is 0.0701 e. The van der Waals surface area contributed by atoms with Gasteiger partial charge >= 0.3 is 0 Å². The van der Waals surface area contributed by atoms with Crippen LogP contribution in [0.1, 0.15) is 24.1 Å². The van der Waals surface area contributed by atoms with E-state index in [0.29, 0.717) is 0 Å². The third-order valence-electron chi connectivity index (χ3n) is 2.28. The SMILES string of the molecule is CCn1cc(C(N)c2csc(Br)c2)cn1. The first-order valence-corrected chi connectivity index (χ1v) is 6.40. The van der Waals surface area contributed by atoms with Gasteiger partial charge in [-0.2, -0.15) is 5.10 Å². The molecule has 0 fully saturated rings. The first-order valence-electron chi connectivity index (χ1n) is 4.72. The Morgan fingerprint density at radius 2 is 2.40 bits per heavy atom. The highest BCUT2D eigenvalue weighted by molar-refractivity contribution is 9.11. The van der Waals surface area contributed by atoms with Gasteiger partial charge < -0.3 is 5.73 Å². The molecule has 0 saturated heterocycles. The number of hydrogen-bond donors (Lipinski definition) is 1. The smallest absolute Gasteiger partial charge is 0.0701 e. The van der Waals surface area contributed by atoms with Gasteiger partial charge in [0.05, 0.1) is 16.0 Å². The second kappa shape index (κ2) is 4.47. The minimum atomic E-state index is -0.0761. The lowest BCUT2D eigenvalue weighted by Crippen LogP contribution is -2.09. The maximum atomic E-state index is 6.13. The number of nitrogens with two attached hydrogens (primary N) is 1. The summed E-state index contributed by atoms with van der Waals surface area (Å²) in [6.07, 6.45) is 3.83. The molecule has 80 valence electrons. The summed E-state index contributed by atoms with van der Waals surface area (Å²) in [4.78, 5) is 0. The van der Waals surface area contributed by atoms with E-state index in [1.165, 1.54) is 0 Å². The van der Waals surface area contributed by atoms with Crippen molar-refractivity contribution in [1.29, 1.82) is 0 Å². The molecule has 2 aromatic rings. The normalized spacial score (nSPS) is 13.0. The molecule has 2 N–H and O–H groups in total. The summed E-state index contributed by atoms with van der Waals surface area (Å²) in [6, 6.07) is 1.98. The lowest BCUT2D eigenvalue weighted by molar-refractivity contribution is 0.658. The third kappa shape index (κ3) is 2.30. The first-order chi connectivity index (χ1) is 7.20. The molecular formula is C10H12BrN3S. The zero-order valence-electron chi connectivity index (χ0n) is 8.35. The van der Waals surface area contributed by atoms with E-state index in [9.17, 15) is 0 Å². The third-order valence-corrected chi connectivity index (χ3v) is 3.81. The van der Waals surface area contributed by atoms with Crippen molar-refractivity contribution < 1.29 is 0 Å². The van der Waals surface area contributed by atoms with Crippen LogP contribution in [-0.2, 0) is 6.54 Å². The number of hydrogen-bond acceptors (Lipinski definition) is 3. The summed E-state index contributed by atoms with van der Waals surface area (Å²) >= 11 is 5.08. The first kappa shape index (κ1) is 10.9. The summed E-state index contributed by atoms with van der Waals surface area (Å²) in [5.41, 5.74) is 8.32. The summed E-state index contributed by atoms with van der Waals surface area (Å²) in [5, 5.41) is 6.28. The Hall–Kier alpha value is -0.650. The predicted molar refractivity (Wildman–Crippen MR) is 66.0 cm³/mol. The standard InChI is InChI=1S/C10H12BrN3S/c1-2-14-5-8(4-13-14)10(12)7-3-9(11)15-6-7/h3-6,10H,2,12H2,1H3. The molecule has 0 radical (unpaired) electrons. The van der Waals surface area contributed by atoms with Crippen LogP contribution in [0.3, 0.4) is 0 Å². The predicted octanol–water partition coefficient (Wildman–Crippen LogP) is 2.78. The molecule has 15 heavy (non-hydrogen) atoms. The summed E-state index contributed by atoms with van der Waals surface area (Å²) in [6.45, 7) is 2.93. The van der Waals surface area contributed by atoms with Gasteiger partial charge in [-0.1, -0.05) is 0 Å². The second-order valence-electron chi connectivity index (χ2n) is 3.29. The molecule has 0 aromatic carbocycles. The van der Waals surface area contributed by atoms with Crippen molar-refractivity contribution >= 4 is 27.3 Å². The molecule has 2 aromatic heterocycles. The van der Waals surface area contributed by atoms with Crippen molar-refractivity contribution in [2.75, 3.05) is 0 Å². The van der Waals surface area contributed by atoms with Crippen molar-refractivity contribution in [2.45, 2.75) is 19.5 Å². The highest BCUT2D eigenvalue weighted by atomic mass is 79.9. The van der Waals surface area contributed by atoms with Crippen LogP contribution >= 0.6 is 27.3 Å². The van der Waals surface area contributed by atoms with E-state index in [2.05, 4.69) is 39.4 Å².